The molecule has 0 aromatic carbocycles. The molecule has 0 fully saturated rings. The van der Waals surface area contributed by atoms with E-state index in [1.165, 1.54) is 6.26 Å². The lowest BCUT2D eigenvalue weighted by molar-refractivity contribution is 0.0924. The number of hydrogen-bond donors (Lipinski definition) is 2. The zero-order valence-corrected chi connectivity index (χ0v) is 9.79. The number of unbranched alkanes of at least 4 members (excludes halogenated alkanes) is 3. The van der Waals surface area contributed by atoms with Gasteiger partial charge < -0.3 is 15.5 Å². The van der Waals surface area contributed by atoms with Crippen molar-refractivity contribution in [2.75, 3.05) is 13.1 Å². The van der Waals surface area contributed by atoms with E-state index in [9.17, 15) is 4.79 Å². The molecule has 1 aromatic rings. The first-order valence-electron chi connectivity index (χ1n) is 5.78. The number of aryl methyl sites for hydroxylation is 1. The molecule has 0 spiro atoms. The van der Waals surface area contributed by atoms with E-state index in [-0.39, 0.29) is 5.91 Å². The summed E-state index contributed by atoms with van der Waals surface area (Å²) in [6.07, 6.45) is 5.82. The molecular formula is C12H20N2O2. The summed E-state index contributed by atoms with van der Waals surface area (Å²) in [5.74, 6) is 0.295. The highest BCUT2D eigenvalue weighted by molar-refractivity contribution is 5.92. The van der Waals surface area contributed by atoms with Crippen molar-refractivity contribution in [3.63, 3.8) is 0 Å². The van der Waals surface area contributed by atoms with Gasteiger partial charge in [0.1, 0.15) is 0 Å². The second kappa shape index (κ2) is 7.06. The van der Waals surface area contributed by atoms with Gasteiger partial charge in [-0.25, -0.2) is 0 Å². The topological polar surface area (TPSA) is 68.3 Å². The molecule has 0 unspecified atom stereocenters. The van der Waals surface area contributed by atoms with Crippen LogP contribution in [0.15, 0.2) is 16.7 Å². The molecular weight excluding hydrogens is 204 g/mol. The van der Waals surface area contributed by atoms with Gasteiger partial charge >= 0.3 is 0 Å². The van der Waals surface area contributed by atoms with Crippen LogP contribution in [-0.4, -0.2) is 19.0 Å². The van der Waals surface area contributed by atoms with Gasteiger partial charge in [-0.3, -0.25) is 4.79 Å². The normalized spacial score (nSPS) is 10.4. The minimum Gasteiger partial charge on any atom is -0.459 e. The standard InChI is InChI=1S/C12H20N2O2/c1-10-6-9-16-11(10)12(15)14-8-5-3-2-4-7-13/h6,9H,2-5,7-8,13H2,1H3,(H,14,15). The van der Waals surface area contributed by atoms with Gasteiger partial charge in [-0.05, 0) is 32.4 Å². The van der Waals surface area contributed by atoms with E-state index in [0.29, 0.717) is 12.3 Å². The van der Waals surface area contributed by atoms with Crippen molar-refractivity contribution < 1.29 is 9.21 Å². The van der Waals surface area contributed by atoms with Crippen molar-refractivity contribution in [2.45, 2.75) is 32.6 Å². The molecule has 0 aliphatic carbocycles. The van der Waals surface area contributed by atoms with Gasteiger partial charge in [-0.15, -0.1) is 0 Å². The number of carbonyl (C=O) groups excluding carboxylic acids is 1. The molecule has 0 atom stereocenters. The van der Waals surface area contributed by atoms with Crippen LogP contribution in [0.25, 0.3) is 0 Å². The molecule has 0 bridgehead atoms. The summed E-state index contributed by atoms with van der Waals surface area (Å²) in [6, 6.07) is 1.79. The lowest BCUT2D eigenvalue weighted by Crippen LogP contribution is -2.24. The highest BCUT2D eigenvalue weighted by Gasteiger charge is 2.10. The fourth-order valence-corrected chi connectivity index (χ4v) is 1.51. The molecule has 3 N–H and O–H groups in total. The van der Waals surface area contributed by atoms with Gasteiger partial charge in [-0.2, -0.15) is 0 Å². The van der Waals surface area contributed by atoms with E-state index in [1.54, 1.807) is 6.07 Å². The Morgan fingerprint density at radius 2 is 2.12 bits per heavy atom. The zero-order chi connectivity index (χ0) is 11.8. The van der Waals surface area contributed by atoms with Crippen LogP contribution in [0.1, 0.15) is 41.8 Å². The van der Waals surface area contributed by atoms with Crippen molar-refractivity contribution in [1.29, 1.82) is 0 Å². The largest absolute Gasteiger partial charge is 0.459 e. The number of carbonyl (C=O) groups is 1. The minimum atomic E-state index is -0.124. The summed E-state index contributed by atoms with van der Waals surface area (Å²) in [7, 11) is 0. The zero-order valence-electron chi connectivity index (χ0n) is 9.79. The van der Waals surface area contributed by atoms with E-state index in [4.69, 9.17) is 10.2 Å². The van der Waals surface area contributed by atoms with E-state index < -0.39 is 0 Å². The highest BCUT2D eigenvalue weighted by atomic mass is 16.3. The van der Waals surface area contributed by atoms with Gasteiger partial charge in [0.2, 0.25) is 0 Å². The van der Waals surface area contributed by atoms with Crippen LogP contribution in [0.5, 0.6) is 0 Å². The summed E-state index contributed by atoms with van der Waals surface area (Å²) < 4.78 is 5.09. The van der Waals surface area contributed by atoms with Gasteiger partial charge in [0, 0.05) is 12.1 Å². The van der Waals surface area contributed by atoms with E-state index in [0.717, 1.165) is 37.8 Å². The van der Waals surface area contributed by atoms with Crippen molar-refractivity contribution in [3.8, 4) is 0 Å². The monoisotopic (exact) mass is 224 g/mol. The predicted octanol–water partition coefficient (Wildman–Crippen LogP) is 1.84. The van der Waals surface area contributed by atoms with Gasteiger partial charge in [-0.1, -0.05) is 12.8 Å². The minimum absolute atomic E-state index is 0.124. The molecule has 1 aromatic heterocycles. The van der Waals surface area contributed by atoms with Crippen molar-refractivity contribution in [2.24, 2.45) is 5.73 Å². The lowest BCUT2D eigenvalue weighted by Gasteiger charge is -2.03. The molecule has 1 amide bonds. The maximum absolute atomic E-state index is 11.6. The molecule has 0 radical (unpaired) electrons. The number of nitrogens with two attached hydrogens (primary N) is 1. The Balaban J connectivity index is 2.14. The van der Waals surface area contributed by atoms with Crippen LogP contribution >= 0.6 is 0 Å². The molecule has 4 nitrogen and oxygen atoms in total. The van der Waals surface area contributed by atoms with Crippen molar-refractivity contribution >= 4 is 5.91 Å². The highest BCUT2D eigenvalue weighted by Crippen LogP contribution is 2.08. The lowest BCUT2D eigenvalue weighted by atomic mass is 10.2. The molecule has 1 heterocycles. The number of nitrogens with one attached hydrogen (secondary N) is 1. The third kappa shape index (κ3) is 4.06. The van der Waals surface area contributed by atoms with Crippen molar-refractivity contribution in [1.82, 2.24) is 5.32 Å². The van der Waals surface area contributed by atoms with Crippen molar-refractivity contribution in [3.05, 3.63) is 23.7 Å². The molecule has 0 saturated heterocycles. The van der Waals surface area contributed by atoms with Crippen LogP contribution in [0.3, 0.4) is 0 Å². The fraction of sp³-hybridized carbons (Fsp3) is 0.583. The Bertz CT molecular complexity index is 321. The average Bonchev–Trinajstić information content (AvgIpc) is 2.69. The number of rotatable bonds is 7. The third-order valence-electron chi connectivity index (χ3n) is 2.48. The quantitative estimate of drug-likeness (QED) is 0.694. The summed E-state index contributed by atoms with van der Waals surface area (Å²) >= 11 is 0. The van der Waals surface area contributed by atoms with E-state index >= 15 is 0 Å². The number of furan rings is 1. The first kappa shape index (κ1) is 12.8. The predicted molar refractivity (Wildman–Crippen MR) is 63.3 cm³/mol. The molecule has 0 saturated carbocycles. The molecule has 0 aliphatic rings. The average molecular weight is 224 g/mol. The Hall–Kier alpha value is -1.29. The molecule has 90 valence electrons. The number of amides is 1. The smallest absolute Gasteiger partial charge is 0.287 e. The van der Waals surface area contributed by atoms with E-state index in [2.05, 4.69) is 5.32 Å². The van der Waals surface area contributed by atoms with E-state index in [1.807, 2.05) is 6.92 Å². The third-order valence-corrected chi connectivity index (χ3v) is 2.48. The second-order valence-corrected chi connectivity index (χ2v) is 3.89. The molecule has 4 heteroatoms. The van der Waals surface area contributed by atoms with Crippen LogP contribution in [0.2, 0.25) is 0 Å². The van der Waals surface area contributed by atoms with Gasteiger partial charge in [0.05, 0.1) is 6.26 Å². The summed E-state index contributed by atoms with van der Waals surface area (Å²) in [6.45, 7) is 3.31. The van der Waals surface area contributed by atoms with Gasteiger partial charge in [0.15, 0.2) is 5.76 Å². The molecule has 16 heavy (non-hydrogen) atoms. The van der Waals surface area contributed by atoms with Crippen LogP contribution in [0.4, 0.5) is 0 Å². The first-order valence-corrected chi connectivity index (χ1v) is 5.78. The molecule has 1 rings (SSSR count). The maximum Gasteiger partial charge on any atom is 0.287 e. The maximum atomic E-state index is 11.6. The summed E-state index contributed by atoms with van der Waals surface area (Å²) in [5, 5.41) is 2.84. The van der Waals surface area contributed by atoms with Crippen LogP contribution < -0.4 is 11.1 Å². The van der Waals surface area contributed by atoms with Gasteiger partial charge in [0.25, 0.3) is 5.91 Å². The Morgan fingerprint density at radius 3 is 2.75 bits per heavy atom. The van der Waals surface area contributed by atoms with Crippen LogP contribution in [-0.2, 0) is 0 Å². The Kier molecular flexibility index (Phi) is 5.64. The summed E-state index contributed by atoms with van der Waals surface area (Å²) in [4.78, 5) is 11.6. The summed E-state index contributed by atoms with van der Waals surface area (Å²) in [5.41, 5.74) is 6.27. The number of hydrogen-bond acceptors (Lipinski definition) is 3. The second-order valence-electron chi connectivity index (χ2n) is 3.89. The first-order chi connectivity index (χ1) is 7.75. The Labute approximate surface area is 96.2 Å². The molecule has 0 aliphatic heterocycles. The SMILES string of the molecule is Cc1ccoc1C(=O)NCCCCCCN. The Morgan fingerprint density at radius 1 is 1.38 bits per heavy atom. The fourth-order valence-electron chi connectivity index (χ4n) is 1.51. The van der Waals surface area contributed by atoms with Crippen LogP contribution in [0, 0.1) is 6.92 Å².